The monoisotopic (exact) mass is 427 g/mol. The zero-order chi connectivity index (χ0) is 21.3. The summed E-state index contributed by atoms with van der Waals surface area (Å²) in [7, 11) is -4.17. The van der Waals surface area contributed by atoms with Gasteiger partial charge in [0.05, 0.1) is 11.2 Å². The van der Waals surface area contributed by atoms with Gasteiger partial charge in [0.1, 0.15) is 0 Å². The Bertz CT molecular complexity index is 1220. The van der Waals surface area contributed by atoms with Crippen LogP contribution in [-0.2, 0) is 16.4 Å². The van der Waals surface area contributed by atoms with Gasteiger partial charge in [-0.05, 0) is 54.8 Å². The number of aryl methyl sites for hydroxylation is 1. The number of amides is 1. The number of benzene rings is 2. The summed E-state index contributed by atoms with van der Waals surface area (Å²) in [4.78, 5) is 24.3. The van der Waals surface area contributed by atoms with Gasteiger partial charge in [-0.15, -0.1) is 0 Å². The van der Waals surface area contributed by atoms with Crippen molar-refractivity contribution in [2.45, 2.75) is 17.7 Å². The highest BCUT2D eigenvalue weighted by atomic mass is 32.2. The molecule has 4 rings (SSSR count). The fourth-order valence-corrected chi connectivity index (χ4v) is 4.67. The topological polar surface area (TPSA) is 123 Å². The molecule has 0 bridgehead atoms. The molecule has 0 atom stereocenters. The van der Waals surface area contributed by atoms with Crippen molar-refractivity contribution < 1.29 is 22.6 Å². The number of nitro benzene ring substituents is 1. The van der Waals surface area contributed by atoms with E-state index in [4.69, 9.17) is 4.42 Å². The van der Waals surface area contributed by atoms with Crippen LogP contribution in [0.3, 0.4) is 0 Å². The number of hydrogen-bond acceptors (Lipinski definition) is 6. The van der Waals surface area contributed by atoms with Crippen LogP contribution >= 0.6 is 0 Å². The number of furan rings is 1. The number of nitro groups is 1. The van der Waals surface area contributed by atoms with Crippen molar-refractivity contribution in [1.29, 1.82) is 0 Å². The molecule has 3 aromatic rings. The number of carbonyl (C=O) groups excluding carboxylic acids is 1. The van der Waals surface area contributed by atoms with E-state index in [1.54, 1.807) is 29.2 Å². The molecule has 2 aromatic carbocycles. The minimum atomic E-state index is -4.17. The fourth-order valence-electron chi connectivity index (χ4n) is 3.45. The van der Waals surface area contributed by atoms with Crippen molar-refractivity contribution in [3.63, 3.8) is 0 Å². The summed E-state index contributed by atoms with van der Waals surface area (Å²) in [6, 6.07) is 13.2. The van der Waals surface area contributed by atoms with E-state index in [9.17, 15) is 23.3 Å². The third kappa shape index (κ3) is 3.64. The number of nitrogens with one attached hydrogen (secondary N) is 1. The van der Waals surface area contributed by atoms with Gasteiger partial charge < -0.3 is 9.32 Å². The van der Waals surface area contributed by atoms with Crippen LogP contribution in [0, 0.1) is 10.1 Å². The van der Waals surface area contributed by atoms with Crippen LogP contribution in [0.25, 0.3) is 0 Å². The van der Waals surface area contributed by atoms with Gasteiger partial charge in [0, 0.05) is 24.0 Å². The Kier molecular flexibility index (Phi) is 5.00. The first kappa shape index (κ1) is 19.6. The minimum absolute atomic E-state index is 0.226. The van der Waals surface area contributed by atoms with Crippen LogP contribution in [0.2, 0.25) is 0 Å². The summed E-state index contributed by atoms with van der Waals surface area (Å²) < 4.78 is 33.1. The molecule has 0 saturated heterocycles. The average Bonchev–Trinajstić information content (AvgIpc) is 3.27. The Labute approximate surface area is 172 Å². The van der Waals surface area contributed by atoms with Crippen molar-refractivity contribution in [3.8, 4) is 0 Å². The van der Waals surface area contributed by atoms with E-state index >= 15 is 0 Å². The predicted molar refractivity (Wildman–Crippen MR) is 109 cm³/mol. The highest BCUT2D eigenvalue weighted by molar-refractivity contribution is 7.92. The van der Waals surface area contributed by atoms with Crippen molar-refractivity contribution in [2.75, 3.05) is 16.2 Å². The van der Waals surface area contributed by atoms with Crippen LogP contribution in [0.4, 0.5) is 17.1 Å². The molecule has 1 amide bonds. The molecule has 9 nitrogen and oxygen atoms in total. The molecule has 0 spiro atoms. The number of nitrogens with zero attached hydrogens (tertiary/aromatic N) is 2. The van der Waals surface area contributed by atoms with Crippen molar-refractivity contribution in [2.24, 2.45) is 0 Å². The second kappa shape index (κ2) is 7.64. The molecular formula is C20H17N3O6S. The molecule has 1 aromatic heterocycles. The molecule has 1 aliphatic heterocycles. The number of para-hydroxylation sites is 1. The van der Waals surface area contributed by atoms with Gasteiger partial charge >= 0.3 is 0 Å². The smallest absolute Gasteiger partial charge is 0.293 e. The maximum Gasteiger partial charge on any atom is 0.293 e. The van der Waals surface area contributed by atoms with Gasteiger partial charge in [-0.2, -0.15) is 0 Å². The van der Waals surface area contributed by atoms with Gasteiger partial charge in [-0.3, -0.25) is 19.6 Å². The van der Waals surface area contributed by atoms with Gasteiger partial charge in [0.15, 0.2) is 10.7 Å². The van der Waals surface area contributed by atoms with Crippen LogP contribution in [0.5, 0.6) is 0 Å². The maximum atomic E-state index is 12.7. The first-order valence-corrected chi connectivity index (χ1v) is 10.6. The minimum Gasteiger partial charge on any atom is -0.459 e. The quantitative estimate of drug-likeness (QED) is 0.490. The molecule has 0 radical (unpaired) electrons. The Hall–Kier alpha value is -3.66. The lowest BCUT2D eigenvalue weighted by molar-refractivity contribution is -0.387. The van der Waals surface area contributed by atoms with Crippen molar-refractivity contribution >= 4 is 33.0 Å². The maximum absolute atomic E-state index is 12.7. The third-order valence-corrected chi connectivity index (χ3v) is 6.21. The standard InChI is InChI=1S/C20H17N3O6S/c24-20(18-7-4-12-29-18)22-11-3-5-14-13-15(9-10-16(14)22)21-30(27,28)19-8-2-1-6-17(19)23(25)26/h1-2,4,6-10,12-13,21H,3,5,11H2. The molecule has 30 heavy (non-hydrogen) atoms. The lowest BCUT2D eigenvalue weighted by atomic mass is 10.0. The average molecular weight is 427 g/mol. The van der Waals surface area contributed by atoms with Crippen LogP contribution in [-0.4, -0.2) is 25.8 Å². The predicted octanol–water partition coefficient (Wildman–Crippen LogP) is 3.58. The molecular weight excluding hydrogens is 410 g/mol. The number of rotatable bonds is 5. The van der Waals surface area contributed by atoms with Crippen LogP contribution in [0.1, 0.15) is 22.5 Å². The molecule has 0 unspecified atom stereocenters. The molecule has 2 heterocycles. The van der Waals surface area contributed by atoms with Crippen LogP contribution < -0.4 is 9.62 Å². The van der Waals surface area contributed by atoms with E-state index in [1.807, 2.05) is 0 Å². The van der Waals surface area contributed by atoms with E-state index in [2.05, 4.69) is 4.72 Å². The summed E-state index contributed by atoms with van der Waals surface area (Å²) in [5.74, 6) is -0.0433. The number of anilines is 2. The Balaban J connectivity index is 1.64. The highest BCUT2D eigenvalue weighted by Crippen LogP contribution is 2.32. The number of sulfonamides is 1. The molecule has 1 aliphatic rings. The molecule has 154 valence electrons. The van der Waals surface area contributed by atoms with Crippen molar-refractivity contribution in [3.05, 3.63) is 82.3 Å². The van der Waals surface area contributed by atoms with E-state index in [-0.39, 0.29) is 17.4 Å². The lowest BCUT2D eigenvalue weighted by Gasteiger charge is -2.29. The second-order valence-electron chi connectivity index (χ2n) is 6.71. The zero-order valence-electron chi connectivity index (χ0n) is 15.6. The normalized spacial score (nSPS) is 13.5. The van der Waals surface area contributed by atoms with Gasteiger partial charge in [0.2, 0.25) is 0 Å². The van der Waals surface area contributed by atoms with E-state index < -0.39 is 25.5 Å². The summed E-state index contributed by atoms with van der Waals surface area (Å²) in [5, 5.41) is 11.2. The highest BCUT2D eigenvalue weighted by Gasteiger charge is 2.28. The number of carbonyl (C=O) groups is 1. The third-order valence-electron chi connectivity index (χ3n) is 4.78. The molecule has 10 heteroatoms. The number of hydrogen-bond donors (Lipinski definition) is 1. The summed E-state index contributed by atoms with van der Waals surface area (Å²) in [6.07, 6.45) is 2.80. The summed E-state index contributed by atoms with van der Waals surface area (Å²) in [6.45, 7) is 0.522. The SMILES string of the molecule is O=C(c1ccco1)N1CCCc2cc(NS(=O)(=O)c3ccccc3[N+](=O)[O-])ccc21. The zero-order valence-corrected chi connectivity index (χ0v) is 16.5. The summed E-state index contributed by atoms with van der Waals surface area (Å²) in [5.41, 5.74) is 1.23. The van der Waals surface area contributed by atoms with Gasteiger partial charge in [0.25, 0.3) is 21.6 Å². The molecule has 0 saturated carbocycles. The van der Waals surface area contributed by atoms with Crippen LogP contribution in [0.15, 0.2) is 70.2 Å². The summed E-state index contributed by atoms with van der Waals surface area (Å²) >= 11 is 0. The second-order valence-corrected chi connectivity index (χ2v) is 8.36. The number of fused-ring (bicyclic) bond motifs is 1. The fraction of sp³-hybridized carbons (Fsp3) is 0.150. The first-order valence-electron chi connectivity index (χ1n) is 9.11. The largest absolute Gasteiger partial charge is 0.459 e. The first-order chi connectivity index (χ1) is 14.4. The Morgan fingerprint density at radius 2 is 1.93 bits per heavy atom. The van der Waals surface area contributed by atoms with E-state index in [0.29, 0.717) is 25.1 Å². The van der Waals surface area contributed by atoms with E-state index in [1.165, 1.54) is 30.5 Å². The van der Waals surface area contributed by atoms with Gasteiger partial charge in [-0.25, -0.2) is 8.42 Å². The molecule has 0 aliphatic carbocycles. The Morgan fingerprint density at radius 3 is 2.67 bits per heavy atom. The van der Waals surface area contributed by atoms with Gasteiger partial charge in [-0.1, -0.05) is 12.1 Å². The van der Waals surface area contributed by atoms with Crippen molar-refractivity contribution in [1.82, 2.24) is 0 Å². The molecule has 1 N–H and O–H groups in total. The Morgan fingerprint density at radius 1 is 1.13 bits per heavy atom. The van der Waals surface area contributed by atoms with E-state index in [0.717, 1.165) is 11.6 Å². The molecule has 0 fully saturated rings. The lowest BCUT2D eigenvalue weighted by Crippen LogP contribution is -2.35.